The average molecular weight is 232 g/mol. The largest absolute Gasteiger partial charge is 0.411 e. The van der Waals surface area contributed by atoms with Gasteiger partial charge in [-0.3, -0.25) is 0 Å². The molecule has 0 unspecified atom stereocenters. The summed E-state index contributed by atoms with van der Waals surface area (Å²) >= 11 is 3.03. The van der Waals surface area contributed by atoms with Crippen LogP contribution in [0, 0.1) is 5.82 Å². The Labute approximate surface area is 77.8 Å². The maximum Gasteiger partial charge on any atom is 0.137 e. The molecule has 4 heteroatoms. The highest BCUT2D eigenvalue weighted by Gasteiger charge is 2.02. The Bertz CT molecular complexity index is 325. The SMILES string of the molecule is CC(=NO)c1ccc(F)c(Br)c1. The van der Waals surface area contributed by atoms with Crippen molar-refractivity contribution >= 4 is 21.6 Å². The maximum atomic E-state index is 12.7. The zero-order chi connectivity index (χ0) is 9.14. The Morgan fingerprint density at radius 3 is 2.75 bits per heavy atom. The molecule has 0 amide bonds. The van der Waals surface area contributed by atoms with Crippen LogP contribution in [0.25, 0.3) is 0 Å². The van der Waals surface area contributed by atoms with Crippen molar-refractivity contribution < 1.29 is 9.60 Å². The number of nitrogens with zero attached hydrogens (tertiary/aromatic N) is 1. The molecule has 0 aliphatic heterocycles. The molecule has 1 N–H and O–H groups in total. The van der Waals surface area contributed by atoms with Gasteiger partial charge in [-0.15, -0.1) is 0 Å². The number of benzene rings is 1. The van der Waals surface area contributed by atoms with Gasteiger partial charge < -0.3 is 5.21 Å². The van der Waals surface area contributed by atoms with Crippen LogP contribution in [0.5, 0.6) is 0 Å². The minimum Gasteiger partial charge on any atom is -0.411 e. The van der Waals surface area contributed by atoms with Crippen molar-refractivity contribution in [2.75, 3.05) is 0 Å². The van der Waals surface area contributed by atoms with Crippen molar-refractivity contribution in [2.45, 2.75) is 6.92 Å². The fourth-order valence-corrected chi connectivity index (χ4v) is 1.16. The minimum atomic E-state index is -0.329. The number of halogens is 2. The zero-order valence-corrected chi connectivity index (χ0v) is 7.97. The fraction of sp³-hybridized carbons (Fsp3) is 0.125. The van der Waals surface area contributed by atoms with Crippen LogP contribution in [0.4, 0.5) is 4.39 Å². The molecule has 1 aromatic carbocycles. The lowest BCUT2D eigenvalue weighted by Gasteiger charge is -1.99. The number of rotatable bonds is 1. The molecule has 1 aromatic rings. The van der Waals surface area contributed by atoms with Crippen LogP contribution in [0.1, 0.15) is 12.5 Å². The van der Waals surface area contributed by atoms with E-state index in [-0.39, 0.29) is 5.82 Å². The second-order valence-corrected chi connectivity index (χ2v) is 3.17. The molecule has 0 aliphatic carbocycles. The molecule has 0 heterocycles. The lowest BCUT2D eigenvalue weighted by Crippen LogP contribution is -1.94. The first-order valence-electron chi connectivity index (χ1n) is 3.29. The molecular formula is C8H7BrFNO. The van der Waals surface area contributed by atoms with Crippen LogP contribution < -0.4 is 0 Å². The summed E-state index contributed by atoms with van der Waals surface area (Å²) in [6, 6.07) is 4.42. The Kier molecular flexibility index (Phi) is 2.81. The summed E-state index contributed by atoms with van der Waals surface area (Å²) in [4.78, 5) is 0. The van der Waals surface area contributed by atoms with E-state index < -0.39 is 0 Å². The summed E-state index contributed by atoms with van der Waals surface area (Å²) < 4.78 is 13.1. The third-order valence-electron chi connectivity index (χ3n) is 1.49. The van der Waals surface area contributed by atoms with E-state index in [9.17, 15) is 4.39 Å². The van der Waals surface area contributed by atoms with Crippen molar-refractivity contribution in [1.82, 2.24) is 0 Å². The number of oxime groups is 1. The van der Waals surface area contributed by atoms with Crippen LogP contribution in [0.15, 0.2) is 27.8 Å². The molecule has 12 heavy (non-hydrogen) atoms. The van der Waals surface area contributed by atoms with Gasteiger partial charge in [-0.2, -0.15) is 0 Å². The van der Waals surface area contributed by atoms with Gasteiger partial charge in [0.1, 0.15) is 5.82 Å². The van der Waals surface area contributed by atoms with Crippen LogP contribution in [0.3, 0.4) is 0 Å². The second-order valence-electron chi connectivity index (χ2n) is 2.31. The normalized spacial score (nSPS) is 11.8. The predicted molar refractivity (Wildman–Crippen MR) is 48.1 cm³/mol. The Morgan fingerprint density at radius 1 is 1.58 bits per heavy atom. The molecule has 0 radical (unpaired) electrons. The van der Waals surface area contributed by atoms with Crippen LogP contribution in [-0.4, -0.2) is 10.9 Å². The Morgan fingerprint density at radius 2 is 2.25 bits per heavy atom. The van der Waals surface area contributed by atoms with E-state index in [2.05, 4.69) is 21.1 Å². The molecule has 0 bridgehead atoms. The molecule has 1 rings (SSSR count). The monoisotopic (exact) mass is 231 g/mol. The van der Waals surface area contributed by atoms with E-state index in [0.717, 1.165) is 0 Å². The molecule has 0 aliphatic rings. The Hall–Kier alpha value is -0.900. The maximum absolute atomic E-state index is 12.7. The first-order valence-corrected chi connectivity index (χ1v) is 4.08. The van der Waals surface area contributed by atoms with Crippen LogP contribution in [0.2, 0.25) is 0 Å². The average Bonchev–Trinajstić information content (AvgIpc) is 2.08. The third-order valence-corrected chi connectivity index (χ3v) is 2.10. The van der Waals surface area contributed by atoms with Crippen molar-refractivity contribution in [3.63, 3.8) is 0 Å². The van der Waals surface area contributed by atoms with Gasteiger partial charge in [0.25, 0.3) is 0 Å². The van der Waals surface area contributed by atoms with Crippen molar-refractivity contribution in [2.24, 2.45) is 5.16 Å². The minimum absolute atomic E-state index is 0.329. The van der Waals surface area contributed by atoms with Gasteiger partial charge in [0.2, 0.25) is 0 Å². The highest BCUT2D eigenvalue weighted by Crippen LogP contribution is 2.17. The third kappa shape index (κ3) is 1.82. The molecule has 2 nitrogen and oxygen atoms in total. The second kappa shape index (κ2) is 3.67. The van der Waals surface area contributed by atoms with Crippen molar-refractivity contribution in [3.05, 3.63) is 34.1 Å². The van der Waals surface area contributed by atoms with E-state index in [1.54, 1.807) is 19.1 Å². The summed E-state index contributed by atoms with van der Waals surface area (Å²) in [7, 11) is 0. The highest BCUT2D eigenvalue weighted by atomic mass is 79.9. The lowest BCUT2D eigenvalue weighted by molar-refractivity contribution is 0.319. The quantitative estimate of drug-likeness (QED) is 0.450. The molecule has 0 atom stereocenters. The summed E-state index contributed by atoms with van der Waals surface area (Å²) in [6.07, 6.45) is 0. The predicted octanol–water partition coefficient (Wildman–Crippen LogP) is 2.79. The Balaban J connectivity index is 3.13. The van der Waals surface area contributed by atoms with E-state index >= 15 is 0 Å². The van der Waals surface area contributed by atoms with Gasteiger partial charge in [-0.05, 0) is 35.0 Å². The molecular weight excluding hydrogens is 225 g/mol. The smallest absolute Gasteiger partial charge is 0.137 e. The van der Waals surface area contributed by atoms with Gasteiger partial charge in [0.05, 0.1) is 10.2 Å². The van der Waals surface area contributed by atoms with Crippen molar-refractivity contribution in [1.29, 1.82) is 0 Å². The fourth-order valence-electron chi connectivity index (χ4n) is 0.779. The zero-order valence-electron chi connectivity index (χ0n) is 6.38. The summed E-state index contributed by atoms with van der Waals surface area (Å²) in [5, 5.41) is 11.4. The van der Waals surface area contributed by atoms with Crippen LogP contribution >= 0.6 is 15.9 Å². The lowest BCUT2D eigenvalue weighted by atomic mass is 10.1. The van der Waals surface area contributed by atoms with E-state index in [4.69, 9.17) is 5.21 Å². The molecule has 0 spiro atoms. The number of hydrogen-bond donors (Lipinski definition) is 1. The van der Waals surface area contributed by atoms with Gasteiger partial charge in [-0.25, -0.2) is 4.39 Å². The van der Waals surface area contributed by atoms with Gasteiger partial charge in [-0.1, -0.05) is 11.2 Å². The molecule has 0 aromatic heterocycles. The summed E-state index contributed by atoms with van der Waals surface area (Å²) in [5.41, 5.74) is 1.14. The first-order chi connectivity index (χ1) is 5.65. The van der Waals surface area contributed by atoms with E-state index in [0.29, 0.717) is 15.7 Å². The van der Waals surface area contributed by atoms with Gasteiger partial charge in [0.15, 0.2) is 0 Å². The number of hydrogen-bond acceptors (Lipinski definition) is 2. The standard InChI is InChI=1S/C8H7BrFNO/c1-5(11-12)6-2-3-8(10)7(9)4-6/h2-4,12H,1H3. The van der Waals surface area contributed by atoms with E-state index in [1.807, 2.05) is 0 Å². The molecule has 64 valence electrons. The highest BCUT2D eigenvalue weighted by molar-refractivity contribution is 9.10. The van der Waals surface area contributed by atoms with E-state index in [1.165, 1.54) is 6.07 Å². The van der Waals surface area contributed by atoms with Crippen LogP contribution in [-0.2, 0) is 0 Å². The van der Waals surface area contributed by atoms with Gasteiger partial charge in [0, 0.05) is 5.56 Å². The molecule has 0 saturated carbocycles. The molecule has 0 fully saturated rings. The summed E-state index contributed by atoms with van der Waals surface area (Å²) in [5.74, 6) is -0.329. The topological polar surface area (TPSA) is 32.6 Å². The first kappa shape index (κ1) is 9.19. The van der Waals surface area contributed by atoms with Gasteiger partial charge >= 0.3 is 0 Å². The summed E-state index contributed by atoms with van der Waals surface area (Å²) in [6.45, 7) is 1.64. The molecule has 0 saturated heterocycles. The van der Waals surface area contributed by atoms with Crippen molar-refractivity contribution in [3.8, 4) is 0 Å².